The van der Waals surface area contributed by atoms with Crippen molar-refractivity contribution in [1.82, 2.24) is 4.90 Å². The van der Waals surface area contributed by atoms with Gasteiger partial charge in [-0.15, -0.1) is 0 Å². The Labute approximate surface area is 86.3 Å². The van der Waals surface area contributed by atoms with E-state index in [1.54, 1.807) is 0 Å². The predicted octanol–water partition coefficient (Wildman–Crippen LogP) is 0.570. The van der Waals surface area contributed by atoms with Crippen LogP contribution in [0.4, 0.5) is 0 Å². The zero-order chi connectivity index (χ0) is 9.97. The molecule has 0 bridgehead atoms. The number of hydrogen-bond acceptors (Lipinski definition) is 3. The average Bonchev–Trinajstić information content (AvgIpc) is 2.65. The molecule has 2 aliphatic rings. The molecule has 0 aromatic heterocycles. The van der Waals surface area contributed by atoms with Crippen LogP contribution >= 0.6 is 0 Å². The maximum Gasteiger partial charge on any atom is 0.0460 e. The van der Waals surface area contributed by atoms with Crippen LogP contribution < -0.4 is 5.73 Å². The summed E-state index contributed by atoms with van der Waals surface area (Å²) in [7, 11) is 0. The third kappa shape index (κ3) is 2.27. The Bertz CT molecular complexity index is 178. The van der Waals surface area contributed by atoms with Gasteiger partial charge in [0.2, 0.25) is 0 Å². The van der Waals surface area contributed by atoms with Crippen molar-refractivity contribution < 1.29 is 5.11 Å². The van der Waals surface area contributed by atoms with E-state index in [-0.39, 0.29) is 0 Å². The Morgan fingerprint density at radius 3 is 2.36 bits per heavy atom. The molecule has 2 fully saturated rings. The molecule has 2 unspecified atom stereocenters. The van der Waals surface area contributed by atoms with Gasteiger partial charge in [-0.3, -0.25) is 0 Å². The molecule has 0 amide bonds. The summed E-state index contributed by atoms with van der Waals surface area (Å²) in [5, 5.41) is 9.05. The van der Waals surface area contributed by atoms with Gasteiger partial charge in [-0.2, -0.15) is 0 Å². The van der Waals surface area contributed by atoms with E-state index in [2.05, 4.69) is 4.90 Å². The van der Waals surface area contributed by atoms with E-state index < -0.39 is 0 Å². The van der Waals surface area contributed by atoms with Gasteiger partial charge in [0.25, 0.3) is 0 Å². The SMILES string of the molecule is NC1CCC(N2CCC(CO)CC2)C1. The fourth-order valence-corrected chi connectivity index (χ4v) is 2.82. The molecule has 3 nitrogen and oxygen atoms in total. The smallest absolute Gasteiger partial charge is 0.0460 e. The van der Waals surface area contributed by atoms with E-state index in [9.17, 15) is 0 Å². The van der Waals surface area contributed by atoms with Crippen molar-refractivity contribution in [3.05, 3.63) is 0 Å². The maximum atomic E-state index is 9.05. The molecule has 2 rings (SSSR count). The quantitative estimate of drug-likeness (QED) is 0.682. The van der Waals surface area contributed by atoms with Crippen LogP contribution in [0.1, 0.15) is 32.1 Å². The minimum Gasteiger partial charge on any atom is -0.396 e. The van der Waals surface area contributed by atoms with E-state index in [0.717, 1.165) is 6.04 Å². The van der Waals surface area contributed by atoms with Crippen molar-refractivity contribution in [2.24, 2.45) is 11.7 Å². The second kappa shape index (κ2) is 4.60. The molecule has 0 aromatic rings. The third-order valence-electron chi connectivity index (χ3n) is 3.87. The molecule has 3 N–H and O–H groups in total. The van der Waals surface area contributed by atoms with E-state index in [0.29, 0.717) is 18.6 Å². The second-order valence-corrected chi connectivity index (χ2v) is 4.89. The fraction of sp³-hybridized carbons (Fsp3) is 1.00. The average molecular weight is 198 g/mol. The van der Waals surface area contributed by atoms with Crippen LogP contribution in [0.3, 0.4) is 0 Å². The van der Waals surface area contributed by atoms with Crippen molar-refractivity contribution in [3.63, 3.8) is 0 Å². The van der Waals surface area contributed by atoms with Gasteiger partial charge >= 0.3 is 0 Å². The Hall–Kier alpha value is -0.120. The van der Waals surface area contributed by atoms with Gasteiger partial charge in [0.15, 0.2) is 0 Å². The second-order valence-electron chi connectivity index (χ2n) is 4.89. The summed E-state index contributed by atoms with van der Waals surface area (Å²) in [5.74, 6) is 0.557. The van der Waals surface area contributed by atoms with Crippen LogP contribution in [0.25, 0.3) is 0 Å². The summed E-state index contributed by atoms with van der Waals surface area (Å²) >= 11 is 0. The minimum absolute atomic E-state index is 0.373. The first-order valence-electron chi connectivity index (χ1n) is 5.90. The molecular formula is C11H22N2O. The van der Waals surface area contributed by atoms with Crippen LogP contribution in [0.15, 0.2) is 0 Å². The number of rotatable bonds is 2. The highest BCUT2D eigenvalue weighted by atomic mass is 16.3. The van der Waals surface area contributed by atoms with E-state index in [1.807, 2.05) is 0 Å². The van der Waals surface area contributed by atoms with Crippen LogP contribution in [0.2, 0.25) is 0 Å². The van der Waals surface area contributed by atoms with Crippen LogP contribution in [0.5, 0.6) is 0 Å². The monoisotopic (exact) mass is 198 g/mol. The summed E-state index contributed by atoms with van der Waals surface area (Å²) in [5.41, 5.74) is 5.92. The molecule has 1 saturated heterocycles. The number of likely N-dealkylation sites (tertiary alicyclic amines) is 1. The van der Waals surface area contributed by atoms with Gasteiger partial charge in [0.05, 0.1) is 0 Å². The lowest BCUT2D eigenvalue weighted by Gasteiger charge is -2.35. The number of nitrogens with zero attached hydrogens (tertiary/aromatic N) is 1. The number of piperidine rings is 1. The van der Waals surface area contributed by atoms with Crippen molar-refractivity contribution in [2.45, 2.75) is 44.2 Å². The standard InChI is InChI=1S/C11H22N2O/c12-10-1-2-11(7-10)13-5-3-9(8-14)4-6-13/h9-11,14H,1-8,12H2. The Morgan fingerprint density at radius 2 is 1.86 bits per heavy atom. The highest BCUT2D eigenvalue weighted by molar-refractivity contribution is 4.86. The topological polar surface area (TPSA) is 49.5 Å². The molecule has 0 aromatic carbocycles. The molecule has 0 radical (unpaired) electrons. The summed E-state index contributed by atoms with van der Waals surface area (Å²) in [6.07, 6.45) is 6.00. The molecule has 0 spiro atoms. The zero-order valence-corrected chi connectivity index (χ0v) is 8.86. The first-order valence-corrected chi connectivity index (χ1v) is 5.90. The van der Waals surface area contributed by atoms with Crippen LogP contribution in [-0.2, 0) is 0 Å². The number of hydrogen-bond donors (Lipinski definition) is 2. The van der Waals surface area contributed by atoms with E-state index in [4.69, 9.17) is 10.8 Å². The number of aliphatic hydroxyl groups excluding tert-OH is 1. The third-order valence-corrected chi connectivity index (χ3v) is 3.87. The largest absolute Gasteiger partial charge is 0.396 e. The van der Waals surface area contributed by atoms with Crippen LogP contribution in [0, 0.1) is 5.92 Å². The summed E-state index contributed by atoms with van der Waals surface area (Å²) < 4.78 is 0. The van der Waals surface area contributed by atoms with Gasteiger partial charge < -0.3 is 15.7 Å². The van der Waals surface area contributed by atoms with Gasteiger partial charge in [0.1, 0.15) is 0 Å². The summed E-state index contributed by atoms with van der Waals surface area (Å²) in [4.78, 5) is 2.58. The first kappa shape index (κ1) is 10.4. The molecular weight excluding hydrogens is 176 g/mol. The van der Waals surface area contributed by atoms with Gasteiger partial charge in [0, 0.05) is 18.7 Å². The predicted molar refractivity (Wildman–Crippen MR) is 57.0 cm³/mol. The highest BCUT2D eigenvalue weighted by Gasteiger charge is 2.29. The fourth-order valence-electron chi connectivity index (χ4n) is 2.82. The molecule has 2 atom stereocenters. The Balaban J connectivity index is 1.78. The maximum absolute atomic E-state index is 9.05. The number of nitrogens with two attached hydrogens (primary N) is 1. The lowest BCUT2D eigenvalue weighted by molar-refractivity contribution is 0.101. The molecule has 1 aliphatic carbocycles. The van der Waals surface area contributed by atoms with Crippen LogP contribution in [-0.4, -0.2) is 41.8 Å². The Morgan fingerprint density at radius 1 is 1.14 bits per heavy atom. The molecule has 1 aliphatic heterocycles. The molecule has 14 heavy (non-hydrogen) atoms. The Kier molecular flexibility index (Phi) is 3.42. The lowest BCUT2D eigenvalue weighted by atomic mass is 9.96. The zero-order valence-electron chi connectivity index (χ0n) is 8.86. The van der Waals surface area contributed by atoms with Crippen molar-refractivity contribution in [2.75, 3.05) is 19.7 Å². The van der Waals surface area contributed by atoms with E-state index in [1.165, 1.54) is 45.2 Å². The van der Waals surface area contributed by atoms with Crippen molar-refractivity contribution in [3.8, 4) is 0 Å². The van der Waals surface area contributed by atoms with Crippen molar-refractivity contribution in [1.29, 1.82) is 0 Å². The summed E-state index contributed by atoms with van der Waals surface area (Å²) in [6, 6.07) is 1.18. The minimum atomic E-state index is 0.373. The molecule has 1 saturated carbocycles. The van der Waals surface area contributed by atoms with Gasteiger partial charge in [-0.1, -0.05) is 0 Å². The molecule has 1 heterocycles. The summed E-state index contributed by atoms with van der Waals surface area (Å²) in [6.45, 7) is 2.71. The van der Waals surface area contributed by atoms with Gasteiger partial charge in [-0.05, 0) is 51.1 Å². The van der Waals surface area contributed by atoms with Crippen molar-refractivity contribution >= 4 is 0 Å². The highest BCUT2D eigenvalue weighted by Crippen LogP contribution is 2.27. The molecule has 3 heteroatoms. The molecule has 82 valence electrons. The van der Waals surface area contributed by atoms with Gasteiger partial charge in [-0.25, -0.2) is 0 Å². The normalized spacial score (nSPS) is 36.4. The number of aliphatic hydroxyl groups is 1. The lowest BCUT2D eigenvalue weighted by Crippen LogP contribution is -2.41. The first-order chi connectivity index (χ1) is 6.79. The van der Waals surface area contributed by atoms with E-state index >= 15 is 0 Å².